The number of likely N-dealkylation sites (tertiary alicyclic amines) is 1. The van der Waals surface area contributed by atoms with Crippen LogP contribution in [0.1, 0.15) is 64.7 Å². The van der Waals surface area contributed by atoms with E-state index in [4.69, 9.17) is 0 Å². The number of nitrogens with zero attached hydrogens (tertiary/aromatic N) is 1. The predicted molar refractivity (Wildman–Crippen MR) is 81.2 cm³/mol. The van der Waals surface area contributed by atoms with Gasteiger partial charge < -0.3 is 15.3 Å². The molecule has 0 atom stereocenters. The molecule has 1 heterocycles. The molecule has 1 saturated carbocycles. The number of hydrogen-bond acceptors (Lipinski definition) is 2. The maximum absolute atomic E-state index is 12.4. The number of hydrogen-bond donors (Lipinski definition) is 2. The van der Waals surface area contributed by atoms with Gasteiger partial charge in [-0.2, -0.15) is 0 Å². The first-order valence-corrected chi connectivity index (χ1v) is 8.38. The van der Waals surface area contributed by atoms with E-state index in [0.717, 1.165) is 58.0 Å². The molecule has 5 nitrogen and oxygen atoms in total. The molecule has 0 aromatic carbocycles. The average Bonchev–Trinajstić information content (AvgIpc) is 2.74. The fourth-order valence-electron chi connectivity index (χ4n) is 3.55. The summed E-state index contributed by atoms with van der Waals surface area (Å²) in [6.07, 6.45) is 8.22. The van der Waals surface area contributed by atoms with Crippen LogP contribution in [-0.2, 0) is 4.79 Å². The Morgan fingerprint density at radius 1 is 1.14 bits per heavy atom. The van der Waals surface area contributed by atoms with Crippen LogP contribution in [0.15, 0.2) is 0 Å². The Hall–Kier alpha value is -1.26. The molecule has 1 saturated heterocycles. The van der Waals surface area contributed by atoms with Gasteiger partial charge in [-0.05, 0) is 31.6 Å². The van der Waals surface area contributed by atoms with Crippen molar-refractivity contribution in [2.75, 3.05) is 13.1 Å². The highest BCUT2D eigenvalue weighted by Crippen LogP contribution is 2.28. The number of urea groups is 1. The number of carbonyl (C=O) groups excluding carboxylic acids is 1. The van der Waals surface area contributed by atoms with Gasteiger partial charge in [-0.3, -0.25) is 0 Å². The molecule has 0 bridgehead atoms. The highest BCUT2D eigenvalue weighted by molar-refractivity contribution is 5.86. The lowest BCUT2D eigenvalue weighted by molar-refractivity contribution is -0.145. The summed E-state index contributed by atoms with van der Waals surface area (Å²) >= 11 is 0. The first-order valence-electron chi connectivity index (χ1n) is 8.38. The van der Waals surface area contributed by atoms with E-state index in [9.17, 15) is 14.7 Å². The summed E-state index contributed by atoms with van der Waals surface area (Å²) in [5.41, 5.74) is -1.05. The van der Waals surface area contributed by atoms with Crippen LogP contribution in [0.4, 0.5) is 4.79 Å². The molecule has 0 aromatic heterocycles. The Bertz CT molecular complexity index is 368. The van der Waals surface area contributed by atoms with Crippen molar-refractivity contribution in [1.82, 2.24) is 10.2 Å². The molecule has 1 aliphatic heterocycles. The minimum absolute atomic E-state index is 0.186. The predicted octanol–water partition coefficient (Wildman–Crippen LogP) is 3.00. The largest absolute Gasteiger partial charge is 0.480 e. The number of carboxylic acid groups (broad SMARTS) is 1. The van der Waals surface area contributed by atoms with Crippen molar-refractivity contribution in [1.29, 1.82) is 0 Å². The molecule has 5 heteroatoms. The second-order valence-electron chi connectivity index (χ2n) is 6.57. The van der Waals surface area contributed by atoms with E-state index in [1.807, 2.05) is 0 Å². The molecule has 2 N–H and O–H groups in total. The first-order chi connectivity index (χ1) is 10.1. The Morgan fingerprint density at radius 2 is 1.71 bits per heavy atom. The van der Waals surface area contributed by atoms with Gasteiger partial charge in [-0.1, -0.05) is 39.0 Å². The van der Waals surface area contributed by atoms with Crippen LogP contribution in [0.25, 0.3) is 0 Å². The van der Waals surface area contributed by atoms with Crippen molar-refractivity contribution in [3.05, 3.63) is 0 Å². The van der Waals surface area contributed by atoms with Crippen LogP contribution in [0.3, 0.4) is 0 Å². The van der Waals surface area contributed by atoms with Gasteiger partial charge in [0, 0.05) is 13.1 Å². The van der Waals surface area contributed by atoms with Gasteiger partial charge in [-0.25, -0.2) is 9.59 Å². The topological polar surface area (TPSA) is 69.6 Å². The normalized spacial score (nSPS) is 23.4. The van der Waals surface area contributed by atoms with Gasteiger partial charge in [0.2, 0.25) is 0 Å². The van der Waals surface area contributed by atoms with Gasteiger partial charge >= 0.3 is 12.0 Å². The first kappa shape index (κ1) is 16.1. The molecule has 2 rings (SSSR count). The number of carbonyl (C=O) groups is 2. The second-order valence-corrected chi connectivity index (χ2v) is 6.57. The summed E-state index contributed by atoms with van der Waals surface area (Å²) in [5, 5.41) is 12.5. The monoisotopic (exact) mass is 296 g/mol. The molecular formula is C16H28N2O3. The molecule has 2 amide bonds. The lowest BCUT2D eigenvalue weighted by Gasteiger charge is -2.36. The molecular weight excluding hydrogens is 268 g/mol. The fourth-order valence-corrected chi connectivity index (χ4v) is 3.55. The molecule has 2 fully saturated rings. The molecule has 0 spiro atoms. The van der Waals surface area contributed by atoms with E-state index in [1.165, 1.54) is 0 Å². The van der Waals surface area contributed by atoms with E-state index < -0.39 is 11.5 Å². The van der Waals surface area contributed by atoms with Crippen molar-refractivity contribution in [2.24, 2.45) is 5.92 Å². The number of rotatable bonds is 3. The van der Waals surface area contributed by atoms with Crippen LogP contribution in [-0.4, -0.2) is 40.6 Å². The third-order valence-corrected chi connectivity index (χ3v) is 5.19. The SMILES string of the molecule is CCC1CCN(C(=O)NC2(C(=O)O)CCCCCC2)CC1. The number of aliphatic carboxylic acids is 1. The zero-order valence-electron chi connectivity index (χ0n) is 13.1. The smallest absolute Gasteiger partial charge is 0.329 e. The minimum atomic E-state index is -1.05. The average molecular weight is 296 g/mol. The standard InChI is InChI=1S/C16H28N2O3/c1-2-13-7-11-18(12-8-13)15(21)17-16(14(19)20)9-5-3-4-6-10-16/h13H,2-12H2,1H3,(H,17,21)(H,19,20). The van der Waals surface area contributed by atoms with Gasteiger partial charge in [0.1, 0.15) is 5.54 Å². The fraction of sp³-hybridized carbons (Fsp3) is 0.875. The summed E-state index contributed by atoms with van der Waals surface area (Å²) in [7, 11) is 0. The maximum Gasteiger partial charge on any atom is 0.329 e. The Kier molecular flexibility index (Phi) is 5.48. The van der Waals surface area contributed by atoms with E-state index >= 15 is 0 Å². The highest BCUT2D eigenvalue weighted by Gasteiger charge is 2.41. The number of amides is 2. The Balaban J connectivity index is 1.97. The van der Waals surface area contributed by atoms with Crippen molar-refractivity contribution in [2.45, 2.75) is 70.3 Å². The molecule has 0 radical (unpaired) electrons. The van der Waals surface area contributed by atoms with Crippen molar-refractivity contribution < 1.29 is 14.7 Å². The van der Waals surface area contributed by atoms with Crippen LogP contribution in [0, 0.1) is 5.92 Å². The molecule has 0 unspecified atom stereocenters. The van der Waals surface area contributed by atoms with Gasteiger partial charge in [0.15, 0.2) is 0 Å². The molecule has 21 heavy (non-hydrogen) atoms. The van der Waals surface area contributed by atoms with E-state index in [0.29, 0.717) is 18.8 Å². The summed E-state index contributed by atoms with van der Waals surface area (Å²) in [5.74, 6) is -0.165. The summed E-state index contributed by atoms with van der Waals surface area (Å²) < 4.78 is 0. The van der Waals surface area contributed by atoms with Gasteiger partial charge in [0.25, 0.3) is 0 Å². The van der Waals surface area contributed by atoms with Crippen molar-refractivity contribution in [3.63, 3.8) is 0 Å². The zero-order chi connectivity index (χ0) is 15.3. The Morgan fingerprint density at radius 3 is 2.19 bits per heavy atom. The molecule has 2 aliphatic rings. The van der Waals surface area contributed by atoms with Crippen LogP contribution in [0.2, 0.25) is 0 Å². The number of nitrogens with one attached hydrogen (secondary N) is 1. The van der Waals surface area contributed by atoms with Gasteiger partial charge in [-0.15, -0.1) is 0 Å². The quantitative estimate of drug-likeness (QED) is 0.787. The summed E-state index contributed by atoms with van der Waals surface area (Å²) in [4.78, 5) is 25.9. The van der Waals surface area contributed by atoms with E-state index in [2.05, 4.69) is 12.2 Å². The number of carboxylic acids is 1. The lowest BCUT2D eigenvalue weighted by atomic mass is 9.90. The summed E-state index contributed by atoms with van der Waals surface area (Å²) in [6.45, 7) is 3.69. The van der Waals surface area contributed by atoms with Crippen LogP contribution >= 0.6 is 0 Å². The van der Waals surface area contributed by atoms with Gasteiger partial charge in [0.05, 0.1) is 0 Å². The second kappa shape index (κ2) is 7.14. The minimum Gasteiger partial charge on any atom is -0.480 e. The highest BCUT2D eigenvalue weighted by atomic mass is 16.4. The third-order valence-electron chi connectivity index (χ3n) is 5.19. The molecule has 1 aliphatic carbocycles. The van der Waals surface area contributed by atoms with Crippen LogP contribution in [0.5, 0.6) is 0 Å². The maximum atomic E-state index is 12.4. The molecule has 120 valence electrons. The van der Waals surface area contributed by atoms with Crippen LogP contribution < -0.4 is 5.32 Å². The van der Waals surface area contributed by atoms with E-state index in [1.54, 1.807) is 4.90 Å². The number of piperidine rings is 1. The zero-order valence-corrected chi connectivity index (χ0v) is 13.1. The van der Waals surface area contributed by atoms with Crippen molar-refractivity contribution in [3.8, 4) is 0 Å². The summed E-state index contributed by atoms with van der Waals surface area (Å²) in [6, 6.07) is -0.186. The lowest BCUT2D eigenvalue weighted by Crippen LogP contribution is -2.58. The van der Waals surface area contributed by atoms with E-state index in [-0.39, 0.29) is 6.03 Å². The third kappa shape index (κ3) is 3.89. The van der Waals surface area contributed by atoms with Crippen molar-refractivity contribution >= 4 is 12.0 Å². The Labute approximate surface area is 127 Å². The molecule has 0 aromatic rings.